The molecule has 0 spiro atoms. The topological polar surface area (TPSA) is 67.8 Å². The maximum Gasteiger partial charge on any atom is 0.191 e. The maximum absolute atomic E-state index is 5.82. The Kier molecular flexibility index (Phi) is 7.16. The van der Waals surface area contributed by atoms with Gasteiger partial charge >= 0.3 is 0 Å². The fraction of sp³-hybridized carbons (Fsp3) is 0.400. The Balaban J connectivity index is 1.56. The van der Waals surface area contributed by atoms with Gasteiger partial charge in [0.05, 0.1) is 19.8 Å². The SMILES string of the molecule is CCNC(=NCc1ccc2c(c1)OCCCO2)NCCc1ccc(Cl)nc1. The number of hydrogen-bond acceptors (Lipinski definition) is 4. The van der Waals surface area contributed by atoms with E-state index in [4.69, 9.17) is 21.1 Å². The second-order valence-corrected chi connectivity index (χ2v) is 6.58. The molecule has 1 aromatic carbocycles. The fourth-order valence-electron chi connectivity index (χ4n) is 2.70. The van der Waals surface area contributed by atoms with Crippen LogP contribution in [-0.2, 0) is 13.0 Å². The smallest absolute Gasteiger partial charge is 0.191 e. The Morgan fingerprint density at radius 2 is 1.93 bits per heavy atom. The molecule has 2 aromatic rings. The molecule has 0 atom stereocenters. The summed E-state index contributed by atoms with van der Waals surface area (Å²) >= 11 is 5.82. The number of nitrogens with zero attached hydrogens (tertiary/aromatic N) is 2. The molecule has 0 aliphatic carbocycles. The lowest BCUT2D eigenvalue weighted by Gasteiger charge is -2.12. The lowest BCUT2D eigenvalue weighted by atomic mass is 10.2. The maximum atomic E-state index is 5.82. The zero-order valence-electron chi connectivity index (χ0n) is 15.5. The van der Waals surface area contributed by atoms with Crippen molar-refractivity contribution >= 4 is 17.6 Å². The van der Waals surface area contributed by atoms with Crippen LogP contribution >= 0.6 is 11.6 Å². The Morgan fingerprint density at radius 1 is 1.11 bits per heavy atom. The molecule has 1 aliphatic heterocycles. The van der Waals surface area contributed by atoms with Crippen molar-refractivity contribution < 1.29 is 9.47 Å². The summed E-state index contributed by atoms with van der Waals surface area (Å²) in [5.41, 5.74) is 2.21. The molecule has 0 amide bonds. The van der Waals surface area contributed by atoms with Crippen LogP contribution in [0.15, 0.2) is 41.5 Å². The second kappa shape index (κ2) is 10.0. The molecule has 1 aromatic heterocycles. The zero-order valence-corrected chi connectivity index (χ0v) is 16.3. The molecule has 0 radical (unpaired) electrons. The van der Waals surface area contributed by atoms with Crippen molar-refractivity contribution in [2.75, 3.05) is 26.3 Å². The average Bonchev–Trinajstić information content (AvgIpc) is 2.92. The third-order valence-corrected chi connectivity index (χ3v) is 4.29. The standard InChI is InChI=1S/C20H25ClN4O2/c1-2-22-20(23-9-8-15-5-7-19(21)24-13-15)25-14-16-4-6-17-18(12-16)27-11-3-10-26-17/h4-7,12-13H,2-3,8-11,14H2,1H3,(H2,22,23,25). The van der Waals surface area contributed by atoms with Crippen LogP contribution in [-0.4, -0.2) is 37.2 Å². The van der Waals surface area contributed by atoms with E-state index in [0.29, 0.717) is 24.9 Å². The zero-order chi connectivity index (χ0) is 18.9. The van der Waals surface area contributed by atoms with E-state index < -0.39 is 0 Å². The highest BCUT2D eigenvalue weighted by molar-refractivity contribution is 6.29. The number of aromatic nitrogens is 1. The molecule has 7 heteroatoms. The summed E-state index contributed by atoms with van der Waals surface area (Å²) in [4.78, 5) is 8.76. The van der Waals surface area contributed by atoms with E-state index in [9.17, 15) is 0 Å². The first-order valence-corrected chi connectivity index (χ1v) is 9.63. The molecule has 0 bridgehead atoms. The minimum atomic E-state index is 0.511. The lowest BCUT2D eigenvalue weighted by Crippen LogP contribution is -2.38. The van der Waals surface area contributed by atoms with E-state index in [-0.39, 0.29) is 0 Å². The largest absolute Gasteiger partial charge is 0.490 e. The fourth-order valence-corrected chi connectivity index (χ4v) is 2.81. The van der Waals surface area contributed by atoms with Crippen LogP contribution in [0.25, 0.3) is 0 Å². The van der Waals surface area contributed by atoms with Crippen LogP contribution < -0.4 is 20.1 Å². The van der Waals surface area contributed by atoms with Crippen LogP contribution in [0.1, 0.15) is 24.5 Å². The normalized spacial score (nSPS) is 13.8. The van der Waals surface area contributed by atoms with Gasteiger partial charge in [-0.05, 0) is 42.7 Å². The number of aliphatic imine (C=N–C) groups is 1. The van der Waals surface area contributed by atoms with Crippen molar-refractivity contribution in [2.24, 2.45) is 4.99 Å². The molecule has 6 nitrogen and oxygen atoms in total. The van der Waals surface area contributed by atoms with E-state index in [1.807, 2.05) is 31.2 Å². The summed E-state index contributed by atoms with van der Waals surface area (Å²) in [5.74, 6) is 2.39. The summed E-state index contributed by atoms with van der Waals surface area (Å²) in [5, 5.41) is 7.13. The molecule has 1 aliphatic rings. The van der Waals surface area contributed by atoms with Crippen molar-refractivity contribution in [3.05, 3.63) is 52.8 Å². The highest BCUT2D eigenvalue weighted by Crippen LogP contribution is 2.30. The van der Waals surface area contributed by atoms with Crippen molar-refractivity contribution in [1.82, 2.24) is 15.6 Å². The van der Waals surface area contributed by atoms with Crippen LogP contribution in [0, 0.1) is 0 Å². The van der Waals surface area contributed by atoms with E-state index in [1.54, 1.807) is 12.3 Å². The first-order chi connectivity index (χ1) is 13.2. The molecule has 2 heterocycles. The van der Waals surface area contributed by atoms with Gasteiger partial charge in [0.15, 0.2) is 17.5 Å². The average molecular weight is 389 g/mol. The van der Waals surface area contributed by atoms with Gasteiger partial charge in [-0.25, -0.2) is 9.98 Å². The number of fused-ring (bicyclic) bond motifs is 1. The van der Waals surface area contributed by atoms with Crippen LogP contribution in [0.3, 0.4) is 0 Å². The van der Waals surface area contributed by atoms with Gasteiger partial charge in [-0.1, -0.05) is 23.7 Å². The number of guanidine groups is 1. The van der Waals surface area contributed by atoms with Gasteiger partial charge < -0.3 is 20.1 Å². The third kappa shape index (κ3) is 6.03. The molecular weight excluding hydrogens is 364 g/mol. The van der Waals surface area contributed by atoms with Gasteiger partial charge in [-0.3, -0.25) is 0 Å². The van der Waals surface area contributed by atoms with Gasteiger partial charge in [-0.2, -0.15) is 0 Å². The number of pyridine rings is 1. The number of nitrogens with one attached hydrogen (secondary N) is 2. The molecule has 27 heavy (non-hydrogen) atoms. The number of hydrogen-bond donors (Lipinski definition) is 2. The molecule has 3 rings (SSSR count). The summed E-state index contributed by atoms with van der Waals surface area (Å²) in [6.45, 7) is 5.56. The van der Waals surface area contributed by atoms with Gasteiger partial charge in [0.25, 0.3) is 0 Å². The molecule has 0 saturated carbocycles. The van der Waals surface area contributed by atoms with E-state index in [1.165, 1.54) is 0 Å². The Morgan fingerprint density at radius 3 is 2.70 bits per heavy atom. The van der Waals surface area contributed by atoms with Gasteiger partial charge in [0.1, 0.15) is 5.15 Å². The highest BCUT2D eigenvalue weighted by atomic mass is 35.5. The Labute approximate surface area is 165 Å². The minimum absolute atomic E-state index is 0.511. The molecule has 2 N–H and O–H groups in total. The van der Waals surface area contributed by atoms with E-state index in [2.05, 4.69) is 20.6 Å². The molecule has 0 fully saturated rings. The minimum Gasteiger partial charge on any atom is -0.490 e. The first kappa shape index (κ1) is 19.3. The predicted octanol–water partition coefficient (Wildman–Crippen LogP) is 3.19. The van der Waals surface area contributed by atoms with Crippen molar-refractivity contribution in [3.63, 3.8) is 0 Å². The van der Waals surface area contributed by atoms with Gasteiger partial charge in [-0.15, -0.1) is 0 Å². The van der Waals surface area contributed by atoms with Crippen molar-refractivity contribution in [2.45, 2.75) is 26.3 Å². The van der Waals surface area contributed by atoms with E-state index in [0.717, 1.165) is 54.5 Å². The molecular formula is C20H25ClN4O2. The lowest BCUT2D eigenvalue weighted by molar-refractivity contribution is 0.297. The van der Waals surface area contributed by atoms with Crippen LogP contribution in [0.4, 0.5) is 0 Å². The van der Waals surface area contributed by atoms with E-state index >= 15 is 0 Å². The van der Waals surface area contributed by atoms with Gasteiger partial charge in [0.2, 0.25) is 0 Å². The summed E-state index contributed by atoms with van der Waals surface area (Å²) in [7, 11) is 0. The number of rotatable bonds is 6. The monoisotopic (exact) mass is 388 g/mol. The number of benzene rings is 1. The Hall–Kier alpha value is -2.47. The molecule has 0 unspecified atom stereocenters. The number of halogens is 1. The summed E-state index contributed by atoms with van der Waals surface area (Å²) in [6, 6.07) is 9.78. The summed E-state index contributed by atoms with van der Waals surface area (Å²) in [6.07, 6.45) is 3.55. The Bertz CT molecular complexity index is 765. The van der Waals surface area contributed by atoms with Gasteiger partial charge in [0, 0.05) is 25.7 Å². The van der Waals surface area contributed by atoms with Crippen LogP contribution in [0.5, 0.6) is 11.5 Å². The van der Waals surface area contributed by atoms with Crippen molar-refractivity contribution in [3.8, 4) is 11.5 Å². The highest BCUT2D eigenvalue weighted by Gasteiger charge is 2.10. The third-order valence-electron chi connectivity index (χ3n) is 4.07. The van der Waals surface area contributed by atoms with Crippen molar-refractivity contribution in [1.29, 1.82) is 0 Å². The first-order valence-electron chi connectivity index (χ1n) is 9.25. The predicted molar refractivity (Wildman–Crippen MR) is 108 cm³/mol. The second-order valence-electron chi connectivity index (χ2n) is 6.19. The molecule has 144 valence electrons. The summed E-state index contributed by atoms with van der Waals surface area (Å²) < 4.78 is 11.4. The number of ether oxygens (including phenoxy) is 2. The quantitative estimate of drug-likeness (QED) is 0.452. The molecule has 0 saturated heterocycles. The van der Waals surface area contributed by atoms with Crippen LogP contribution in [0.2, 0.25) is 5.15 Å².